The summed E-state index contributed by atoms with van der Waals surface area (Å²) in [6.45, 7) is 0. The summed E-state index contributed by atoms with van der Waals surface area (Å²) in [6.07, 6.45) is 0.815. The lowest BCUT2D eigenvalue weighted by Crippen LogP contribution is -2.32. The number of nitrogens with zero attached hydrogens (tertiary/aromatic N) is 3. The number of fused-ring (bicyclic) bond motifs is 1. The van der Waals surface area contributed by atoms with Crippen molar-refractivity contribution in [2.45, 2.75) is 5.92 Å². The van der Waals surface area contributed by atoms with Crippen molar-refractivity contribution in [3.05, 3.63) is 72.7 Å². The van der Waals surface area contributed by atoms with Gasteiger partial charge in [-0.1, -0.05) is 21.9 Å². The molecule has 3 N–H and O–H groups in total. The van der Waals surface area contributed by atoms with Gasteiger partial charge in [0.2, 0.25) is 5.71 Å². The number of nitrogens with two attached hydrogens (primary N) is 1. The third kappa shape index (κ3) is 2.19. The number of hydrogen-bond donors (Lipinski definition) is 2. The van der Waals surface area contributed by atoms with Crippen molar-refractivity contribution >= 4 is 17.1 Å². The lowest BCUT2D eigenvalue weighted by molar-refractivity contribution is -0.719. The van der Waals surface area contributed by atoms with E-state index in [1.165, 1.54) is 24.3 Å². The van der Waals surface area contributed by atoms with Crippen molar-refractivity contribution in [3.63, 3.8) is 0 Å². The van der Waals surface area contributed by atoms with E-state index in [1.807, 2.05) is 0 Å². The Balaban J connectivity index is 2.32. The molecule has 0 spiro atoms. The van der Waals surface area contributed by atoms with Crippen LogP contribution in [-0.2, 0) is 0 Å². The maximum Gasteiger partial charge on any atom is 0.329 e. The monoisotopic (exact) mass is 319 g/mol. The molecule has 1 aliphatic carbocycles. The van der Waals surface area contributed by atoms with Crippen LogP contribution >= 0.6 is 0 Å². The quantitative estimate of drug-likeness (QED) is 0.347. The largest absolute Gasteiger partial charge is 0.612 e. The molecule has 0 aliphatic heterocycles. The zero-order chi connectivity index (χ0) is 16.7. The van der Waals surface area contributed by atoms with Crippen LogP contribution in [-0.4, -0.2) is 20.7 Å². The highest BCUT2D eigenvalue weighted by Gasteiger charge is 2.47. The Hall–Kier alpha value is -3.63. The SMILES string of the molecule is Nc1ccc(C2C(=[N+]([O-])[O-])C=C([N+](=O)[O-])c3[nH]o[n+](=O)c32)cc1. The Kier molecular flexibility index (Phi) is 3.10. The smallest absolute Gasteiger partial charge is 0.329 e. The summed E-state index contributed by atoms with van der Waals surface area (Å²) < 4.78 is 4.53. The van der Waals surface area contributed by atoms with E-state index in [4.69, 9.17) is 5.73 Å². The predicted molar refractivity (Wildman–Crippen MR) is 76.1 cm³/mol. The maximum atomic E-state index is 11.9. The zero-order valence-electron chi connectivity index (χ0n) is 11.3. The Morgan fingerprint density at radius 3 is 2.43 bits per heavy atom. The van der Waals surface area contributed by atoms with E-state index in [-0.39, 0.29) is 16.0 Å². The van der Waals surface area contributed by atoms with Crippen molar-refractivity contribution in [1.29, 1.82) is 0 Å². The first-order valence-electron chi connectivity index (χ1n) is 6.27. The van der Waals surface area contributed by atoms with Gasteiger partial charge in [-0.15, -0.1) is 0 Å². The number of anilines is 1. The highest BCUT2D eigenvalue weighted by atomic mass is 16.8. The third-order valence-electron chi connectivity index (χ3n) is 3.47. The van der Waals surface area contributed by atoms with E-state index in [1.54, 1.807) is 0 Å². The maximum absolute atomic E-state index is 11.9. The van der Waals surface area contributed by atoms with Gasteiger partial charge in [-0.3, -0.25) is 10.1 Å². The van der Waals surface area contributed by atoms with Crippen molar-refractivity contribution in [2.75, 3.05) is 5.73 Å². The summed E-state index contributed by atoms with van der Waals surface area (Å²) in [5.41, 5.74) is 4.81. The van der Waals surface area contributed by atoms with Crippen molar-refractivity contribution in [3.8, 4) is 0 Å². The zero-order valence-corrected chi connectivity index (χ0v) is 11.3. The summed E-state index contributed by atoms with van der Waals surface area (Å²) in [4.78, 5) is 21.4. The van der Waals surface area contributed by atoms with E-state index in [2.05, 4.69) is 9.79 Å². The molecule has 1 atom stereocenters. The normalized spacial score (nSPS) is 16.6. The Bertz CT molecular complexity index is 903. The Labute approximate surface area is 126 Å². The summed E-state index contributed by atoms with van der Waals surface area (Å²) in [5, 5.41) is 35.9. The molecule has 11 nitrogen and oxygen atoms in total. The van der Waals surface area contributed by atoms with Gasteiger partial charge in [0.05, 0.1) is 11.0 Å². The molecular formula is C12H9N5O6. The second kappa shape index (κ2) is 4.98. The Morgan fingerprint density at radius 2 is 1.87 bits per heavy atom. The van der Waals surface area contributed by atoms with Crippen LogP contribution in [0.15, 0.2) is 35.0 Å². The standard InChI is InChI=1S/C12H9N5O6/c13-7-3-1-6(2-4-7)10-8(15(18)19)5-9(16(20)21)11-12(10)17(22)23-14-11/h1-5,10,14H,13H2. The number of nitro groups is 1. The molecule has 1 aromatic heterocycles. The van der Waals surface area contributed by atoms with Crippen LogP contribution in [0.1, 0.15) is 22.9 Å². The fourth-order valence-corrected chi connectivity index (χ4v) is 2.47. The highest BCUT2D eigenvalue weighted by Crippen LogP contribution is 2.34. The molecule has 0 saturated heterocycles. The van der Waals surface area contributed by atoms with E-state index < -0.39 is 27.2 Å². The molecule has 1 heterocycles. The predicted octanol–water partition coefficient (Wildman–Crippen LogP) is 0.317. The molecule has 118 valence electrons. The molecule has 0 radical (unpaired) electrons. The first-order valence-corrected chi connectivity index (χ1v) is 6.27. The summed E-state index contributed by atoms with van der Waals surface area (Å²) in [6, 6.07) is 6.03. The second-order valence-corrected chi connectivity index (χ2v) is 4.78. The van der Waals surface area contributed by atoms with Crippen LogP contribution < -0.4 is 10.3 Å². The average molecular weight is 319 g/mol. The number of allylic oxidation sites excluding steroid dienone is 1. The molecule has 1 unspecified atom stereocenters. The van der Waals surface area contributed by atoms with Crippen LogP contribution in [0, 0.1) is 25.4 Å². The first kappa shape index (κ1) is 14.3. The Morgan fingerprint density at radius 1 is 1.22 bits per heavy atom. The van der Waals surface area contributed by atoms with Gasteiger partial charge in [-0.05, 0) is 22.6 Å². The van der Waals surface area contributed by atoms with Gasteiger partial charge >= 0.3 is 5.70 Å². The molecule has 0 fully saturated rings. The summed E-state index contributed by atoms with van der Waals surface area (Å²) in [5.74, 6) is -1.13. The fourth-order valence-electron chi connectivity index (χ4n) is 2.47. The van der Waals surface area contributed by atoms with E-state index in [9.17, 15) is 25.4 Å². The van der Waals surface area contributed by atoms with Gasteiger partial charge in [0, 0.05) is 5.69 Å². The van der Waals surface area contributed by atoms with Crippen LogP contribution in [0.2, 0.25) is 0 Å². The number of hydrogen-bond acceptors (Lipinski definition) is 7. The number of benzene rings is 1. The topological polar surface area (TPSA) is 170 Å². The first-order chi connectivity index (χ1) is 10.9. The molecule has 2 aromatic rings. The molecule has 1 aromatic carbocycles. The second-order valence-electron chi connectivity index (χ2n) is 4.78. The van der Waals surface area contributed by atoms with E-state index in [0.717, 1.165) is 6.08 Å². The minimum atomic E-state index is -1.13. The van der Waals surface area contributed by atoms with Crippen LogP contribution in [0.25, 0.3) is 5.70 Å². The number of aromatic amines is 1. The van der Waals surface area contributed by atoms with Gasteiger partial charge in [-0.25, -0.2) is 0 Å². The van der Waals surface area contributed by atoms with Crippen molar-refractivity contribution in [1.82, 2.24) is 5.16 Å². The van der Waals surface area contributed by atoms with Gasteiger partial charge in [0.15, 0.2) is 4.60 Å². The molecule has 11 heteroatoms. The number of nitrogen functional groups attached to an aromatic ring is 1. The van der Waals surface area contributed by atoms with Gasteiger partial charge in [0.25, 0.3) is 11.4 Å². The summed E-state index contributed by atoms with van der Waals surface area (Å²) in [7, 11) is 0. The third-order valence-corrected chi connectivity index (χ3v) is 3.47. The lowest BCUT2D eigenvalue weighted by atomic mass is 9.85. The van der Waals surface area contributed by atoms with Crippen LogP contribution in [0.5, 0.6) is 0 Å². The van der Waals surface area contributed by atoms with Crippen molar-refractivity contribution < 1.29 is 19.1 Å². The molecule has 23 heavy (non-hydrogen) atoms. The lowest BCUT2D eigenvalue weighted by Gasteiger charge is -2.17. The number of aromatic nitrogens is 2. The van der Waals surface area contributed by atoms with E-state index in [0.29, 0.717) is 11.3 Å². The highest BCUT2D eigenvalue weighted by molar-refractivity contribution is 6.05. The van der Waals surface area contributed by atoms with Crippen LogP contribution in [0.3, 0.4) is 0 Å². The molecule has 0 bridgehead atoms. The summed E-state index contributed by atoms with van der Waals surface area (Å²) >= 11 is 0. The molecule has 0 saturated carbocycles. The van der Waals surface area contributed by atoms with Gasteiger partial charge in [0.1, 0.15) is 5.92 Å². The molecular weight excluding hydrogens is 310 g/mol. The fraction of sp³-hybridized carbons (Fsp3) is 0.0833. The number of rotatable bonds is 2. The van der Waals surface area contributed by atoms with E-state index >= 15 is 0 Å². The number of H-pyrrole nitrogens is 1. The molecule has 1 aliphatic rings. The van der Waals surface area contributed by atoms with Gasteiger partial charge < -0.3 is 16.1 Å². The molecule has 0 amide bonds. The van der Waals surface area contributed by atoms with Crippen molar-refractivity contribution in [2.24, 2.45) is 0 Å². The number of nitrogens with one attached hydrogen (secondary N) is 1. The minimum absolute atomic E-state index is 0.00361. The van der Waals surface area contributed by atoms with Gasteiger partial charge in [-0.2, -0.15) is 4.90 Å². The minimum Gasteiger partial charge on any atom is -0.612 e. The van der Waals surface area contributed by atoms with Crippen LogP contribution in [0.4, 0.5) is 5.69 Å². The molecule has 3 rings (SSSR count). The average Bonchev–Trinajstić information content (AvgIpc) is 2.88.